The second-order valence-electron chi connectivity index (χ2n) is 4.54. The Morgan fingerprint density at radius 1 is 1.37 bits per heavy atom. The van der Waals surface area contributed by atoms with E-state index in [0.29, 0.717) is 18.7 Å². The molecule has 0 aliphatic carbocycles. The molecule has 1 atom stereocenters. The first-order valence-corrected chi connectivity index (χ1v) is 6.05. The molecule has 1 aromatic rings. The zero-order valence-corrected chi connectivity index (χ0v) is 11.3. The number of nitrogens with two attached hydrogens (primary N) is 1. The van der Waals surface area contributed by atoms with E-state index in [9.17, 15) is 13.6 Å². The molecule has 19 heavy (non-hydrogen) atoms. The van der Waals surface area contributed by atoms with E-state index in [4.69, 9.17) is 5.73 Å². The molecule has 1 unspecified atom stereocenters. The van der Waals surface area contributed by atoms with E-state index in [1.807, 2.05) is 0 Å². The van der Waals surface area contributed by atoms with Crippen molar-refractivity contribution >= 4 is 18.3 Å². The van der Waals surface area contributed by atoms with Gasteiger partial charge in [-0.15, -0.1) is 12.4 Å². The number of nitrogens with zero attached hydrogens (tertiary/aromatic N) is 1. The summed E-state index contributed by atoms with van der Waals surface area (Å²) in [5.41, 5.74) is 6.08. The Bertz CT molecular complexity index is 456. The van der Waals surface area contributed by atoms with Crippen LogP contribution in [0.5, 0.6) is 0 Å². The Kier molecular flexibility index (Phi) is 5.69. The molecule has 1 heterocycles. The number of hydrogen-bond acceptors (Lipinski definition) is 2. The fourth-order valence-corrected chi connectivity index (χ4v) is 2.33. The largest absolute Gasteiger partial charge is 0.338 e. The second kappa shape index (κ2) is 6.82. The summed E-state index contributed by atoms with van der Waals surface area (Å²) in [4.78, 5) is 13.8. The highest BCUT2D eigenvalue weighted by Crippen LogP contribution is 2.18. The molecule has 2 N–H and O–H groups in total. The molecule has 1 aliphatic heterocycles. The lowest BCUT2D eigenvalue weighted by molar-refractivity contribution is -0.131. The van der Waals surface area contributed by atoms with Crippen LogP contribution in [0.25, 0.3) is 0 Å². The zero-order chi connectivity index (χ0) is 13.1. The van der Waals surface area contributed by atoms with Gasteiger partial charge in [0.05, 0.1) is 6.42 Å². The predicted octanol–water partition coefficient (Wildman–Crippen LogP) is 1.88. The third kappa shape index (κ3) is 3.64. The molecule has 6 heteroatoms. The molecule has 3 nitrogen and oxygen atoms in total. The minimum atomic E-state index is -0.919. The van der Waals surface area contributed by atoms with Gasteiger partial charge in [-0.3, -0.25) is 4.79 Å². The molecule has 1 saturated heterocycles. The summed E-state index contributed by atoms with van der Waals surface area (Å²) in [5.74, 6) is -1.89. The van der Waals surface area contributed by atoms with E-state index < -0.39 is 11.6 Å². The van der Waals surface area contributed by atoms with Crippen molar-refractivity contribution in [2.24, 2.45) is 5.73 Å². The van der Waals surface area contributed by atoms with Gasteiger partial charge in [-0.1, -0.05) is 6.07 Å². The van der Waals surface area contributed by atoms with Crippen LogP contribution in [0, 0.1) is 11.6 Å². The number of benzene rings is 1. The Labute approximate surface area is 117 Å². The lowest BCUT2D eigenvalue weighted by Gasteiger charge is -2.23. The van der Waals surface area contributed by atoms with Crippen molar-refractivity contribution in [2.45, 2.75) is 25.3 Å². The van der Waals surface area contributed by atoms with Gasteiger partial charge in [0.25, 0.3) is 0 Å². The number of halogens is 3. The van der Waals surface area contributed by atoms with E-state index in [1.54, 1.807) is 4.90 Å². The summed E-state index contributed by atoms with van der Waals surface area (Å²) >= 11 is 0. The SMILES string of the molecule is Cl.NCC1CCCN1C(=O)Cc1ccc(F)c(F)c1. The summed E-state index contributed by atoms with van der Waals surface area (Å²) in [5, 5.41) is 0. The first-order chi connectivity index (χ1) is 8.61. The fourth-order valence-electron chi connectivity index (χ4n) is 2.33. The van der Waals surface area contributed by atoms with E-state index in [1.165, 1.54) is 6.07 Å². The number of rotatable bonds is 3. The minimum absolute atomic E-state index is 0. The van der Waals surface area contributed by atoms with Crippen LogP contribution in [0.2, 0.25) is 0 Å². The van der Waals surface area contributed by atoms with Gasteiger partial charge in [-0.05, 0) is 30.5 Å². The molecule has 0 spiro atoms. The van der Waals surface area contributed by atoms with Gasteiger partial charge in [-0.2, -0.15) is 0 Å². The van der Waals surface area contributed by atoms with Crippen LogP contribution in [0.3, 0.4) is 0 Å². The number of amides is 1. The van der Waals surface area contributed by atoms with Gasteiger partial charge in [-0.25, -0.2) is 8.78 Å². The topological polar surface area (TPSA) is 46.3 Å². The molecular formula is C13H17ClF2N2O. The molecule has 0 radical (unpaired) electrons. The molecule has 2 rings (SSSR count). The molecule has 1 amide bonds. The Morgan fingerprint density at radius 3 is 2.74 bits per heavy atom. The Hall–Kier alpha value is -1.20. The quantitative estimate of drug-likeness (QED) is 0.924. The summed E-state index contributed by atoms with van der Waals surface area (Å²) in [6.07, 6.45) is 1.96. The minimum Gasteiger partial charge on any atom is -0.338 e. The Morgan fingerprint density at radius 2 is 2.11 bits per heavy atom. The first-order valence-electron chi connectivity index (χ1n) is 6.05. The van der Waals surface area contributed by atoms with Crippen LogP contribution in [-0.4, -0.2) is 29.9 Å². The molecule has 0 bridgehead atoms. The number of carbonyl (C=O) groups excluding carboxylic acids is 1. The van der Waals surface area contributed by atoms with Crippen molar-refractivity contribution in [3.63, 3.8) is 0 Å². The molecule has 0 aromatic heterocycles. The van der Waals surface area contributed by atoms with E-state index in [-0.39, 0.29) is 30.8 Å². The molecule has 1 fully saturated rings. The van der Waals surface area contributed by atoms with Crippen LogP contribution >= 0.6 is 12.4 Å². The van der Waals surface area contributed by atoms with Crippen molar-refractivity contribution in [1.29, 1.82) is 0 Å². The van der Waals surface area contributed by atoms with Crippen LogP contribution in [-0.2, 0) is 11.2 Å². The van der Waals surface area contributed by atoms with Crippen molar-refractivity contribution in [2.75, 3.05) is 13.1 Å². The smallest absolute Gasteiger partial charge is 0.227 e. The first kappa shape index (κ1) is 15.9. The highest BCUT2D eigenvalue weighted by Gasteiger charge is 2.27. The summed E-state index contributed by atoms with van der Waals surface area (Å²) < 4.78 is 25.8. The predicted molar refractivity (Wildman–Crippen MR) is 71.1 cm³/mol. The third-order valence-electron chi connectivity index (χ3n) is 3.31. The van der Waals surface area contributed by atoms with Gasteiger partial charge in [0, 0.05) is 19.1 Å². The maximum Gasteiger partial charge on any atom is 0.227 e. The maximum absolute atomic E-state index is 13.0. The molecule has 0 saturated carbocycles. The number of carbonyl (C=O) groups is 1. The van der Waals surface area contributed by atoms with Gasteiger partial charge in [0.1, 0.15) is 0 Å². The van der Waals surface area contributed by atoms with E-state index in [0.717, 1.165) is 25.0 Å². The fraction of sp³-hybridized carbons (Fsp3) is 0.462. The molecule has 1 aliphatic rings. The monoisotopic (exact) mass is 290 g/mol. The number of likely N-dealkylation sites (tertiary alicyclic amines) is 1. The summed E-state index contributed by atoms with van der Waals surface area (Å²) in [7, 11) is 0. The van der Waals surface area contributed by atoms with Crippen molar-refractivity contribution in [1.82, 2.24) is 4.90 Å². The average Bonchev–Trinajstić information content (AvgIpc) is 2.82. The maximum atomic E-state index is 13.0. The van der Waals surface area contributed by atoms with Gasteiger partial charge in [0.15, 0.2) is 11.6 Å². The normalized spacial score (nSPS) is 18.3. The zero-order valence-electron chi connectivity index (χ0n) is 10.4. The van der Waals surface area contributed by atoms with Crippen LogP contribution in [0.15, 0.2) is 18.2 Å². The lowest BCUT2D eigenvalue weighted by atomic mass is 10.1. The third-order valence-corrected chi connectivity index (χ3v) is 3.31. The highest BCUT2D eigenvalue weighted by molar-refractivity contribution is 5.85. The highest BCUT2D eigenvalue weighted by atomic mass is 35.5. The van der Waals surface area contributed by atoms with Gasteiger partial charge in [0.2, 0.25) is 5.91 Å². The van der Waals surface area contributed by atoms with Crippen molar-refractivity contribution in [3.05, 3.63) is 35.4 Å². The van der Waals surface area contributed by atoms with Gasteiger partial charge < -0.3 is 10.6 Å². The molecule has 106 valence electrons. The van der Waals surface area contributed by atoms with Crippen molar-refractivity contribution < 1.29 is 13.6 Å². The average molecular weight is 291 g/mol. The second-order valence-corrected chi connectivity index (χ2v) is 4.54. The van der Waals surface area contributed by atoms with Crippen LogP contribution in [0.4, 0.5) is 8.78 Å². The van der Waals surface area contributed by atoms with E-state index in [2.05, 4.69) is 0 Å². The van der Waals surface area contributed by atoms with Crippen molar-refractivity contribution in [3.8, 4) is 0 Å². The van der Waals surface area contributed by atoms with E-state index >= 15 is 0 Å². The number of hydrogen-bond donors (Lipinski definition) is 1. The summed E-state index contributed by atoms with van der Waals surface area (Å²) in [6, 6.07) is 3.63. The van der Waals surface area contributed by atoms with Crippen LogP contribution < -0.4 is 5.73 Å². The summed E-state index contributed by atoms with van der Waals surface area (Å²) in [6.45, 7) is 1.15. The van der Waals surface area contributed by atoms with Crippen LogP contribution in [0.1, 0.15) is 18.4 Å². The van der Waals surface area contributed by atoms with Gasteiger partial charge >= 0.3 is 0 Å². The molecular weight excluding hydrogens is 274 g/mol. The lowest BCUT2D eigenvalue weighted by Crippen LogP contribution is -2.40. The Balaban J connectivity index is 0.00000180. The standard InChI is InChI=1S/C13H16F2N2O.ClH/c14-11-4-3-9(6-12(11)15)7-13(18)17-5-1-2-10(17)8-16;/h3-4,6,10H,1-2,5,7-8,16H2;1H. The molecule has 1 aromatic carbocycles.